The van der Waals surface area contributed by atoms with Crippen LogP contribution in [0.5, 0.6) is 0 Å². The number of rotatable bonds is 6. The van der Waals surface area contributed by atoms with Gasteiger partial charge in [-0.05, 0) is 23.3 Å². The van der Waals surface area contributed by atoms with Gasteiger partial charge in [-0.3, -0.25) is 14.5 Å². The van der Waals surface area contributed by atoms with Gasteiger partial charge in [-0.25, -0.2) is 0 Å². The van der Waals surface area contributed by atoms with E-state index in [9.17, 15) is 9.59 Å². The van der Waals surface area contributed by atoms with Gasteiger partial charge in [0.15, 0.2) is 0 Å². The summed E-state index contributed by atoms with van der Waals surface area (Å²) >= 11 is 0. The molecule has 0 saturated carbocycles. The molecule has 5 aromatic rings. The molecular formula is C29H24N4O2. The Bertz CT molecular complexity index is 1430. The molecule has 3 N–H and O–H groups in total. The first kappa shape index (κ1) is 21.0. The van der Waals surface area contributed by atoms with Crippen LogP contribution in [0.25, 0.3) is 22.3 Å². The van der Waals surface area contributed by atoms with Crippen molar-refractivity contribution in [3.63, 3.8) is 0 Å². The molecule has 1 aliphatic heterocycles. The second-order valence-corrected chi connectivity index (χ2v) is 8.83. The van der Waals surface area contributed by atoms with Crippen molar-refractivity contribution in [2.24, 2.45) is 0 Å². The van der Waals surface area contributed by atoms with E-state index in [4.69, 9.17) is 0 Å². The minimum absolute atomic E-state index is 0.259. The summed E-state index contributed by atoms with van der Waals surface area (Å²) in [5.41, 5.74) is 8.82. The van der Waals surface area contributed by atoms with Crippen LogP contribution in [0, 0.1) is 0 Å². The van der Waals surface area contributed by atoms with E-state index in [0.29, 0.717) is 24.0 Å². The first-order valence-electron chi connectivity index (χ1n) is 11.6. The summed E-state index contributed by atoms with van der Waals surface area (Å²) in [6, 6.07) is 24.4. The van der Waals surface area contributed by atoms with Gasteiger partial charge in [0.2, 0.25) is 0 Å². The first-order valence-corrected chi connectivity index (χ1v) is 11.6. The Morgan fingerprint density at radius 2 is 1.03 bits per heavy atom. The average molecular weight is 461 g/mol. The molecule has 0 radical (unpaired) electrons. The lowest BCUT2D eigenvalue weighted by atomic mass is 10.0. The molecule has 0 aliphatic carbocycles. The number of hydrogen-bond donors (Lipinski definition) is 3. The zero-order valence-corrected chi connectivity index (χ0v) is 19.3. The number of benzene rings is 2. The van der Waals surface area contributed by atoms with E-state index in [1.165, 1.54) is 4.90 Å². The van der Waals surface area contributed by atoms with Crippen LogP contribution in [-0.2, 0) is 12.8 Å². The first-order chi connectivity index (χ1) is 17.1. The summed E-state index contributed by atoms with van der Waals surface area (Å²) in [6.45, 7) is 0. The van der Waals surface area contributed by atoms with Crippen LogP contribution in [0.2, 0.25) is 0 Å². The van der Waals surface area contributed by atoms with E-state index in [1.54, 1.807) is 7.05 Å². The maximum atomic E-state index is 13.1. The molecule has 1 aliphatic rings. The molecule has 35 heavy (non-hydrogen) atoms. The summed E-state index contributed by atoms with van der Waals surface area (Å²) in [5.74, 6) is -0.518. The van der Waals surface area contributed by atoms with Crippen LogP contribution < -0.4 is 0 Å². The van der Waals surface area contributed by atoms with Crippen molar-refractivity contribution in [1.29, 1.82) is 0 Å². The third kappa shape index (κ3) is 3.51. The SMILES string of the molecule is CN1C(=O)c2c(Cc3[nH]ccc3-c3ccccc3)[nH]c(Cc3[nH]ccc3-c3ccccc3)c2C1=O. The van der Waals surface area contributed by atoms with Gasteiger partial charge in [0, 0.05) is 66.2 Å². The molecule has 0 bridgehead atoms. The van der Waals surface area contributed by atoms with Crippen LogP contribution in [0.1, 0.15) is 43.5 Å². The van der Waals surface area contributed by atoms with E-state index in [1.807, 2.05) is 60.9 Å². The zero-order valence-electron chi connectivity index (χ0n) is 19.3. The normalized spacial score (nSPS) is 13.0. The molecule has 0 saturated heterocycles. The van der Waals surface area contributed by atoms with E-state index in [-0.39, 0.29) is 11.8 Å². The van der Waals surface area contributed by atoms with E-state index < -0.39 is 0 Å². The highest BCUT2D eigenvalue weighted by Gasteiger charge is 2.39. The number of nitrogens with one attached hydrogen (secondary N) is 3. The number of nitrogens with zero attached hydrogens (tertiary/aromatic N) is 1. The fourth-order valence-electron chi connectivity index (χ4n) is 5.00. The van der Waals surface area contributed by atoms with Gasteiger partial charge in [-0.2, -0.15) is 0 Å². The topological polar surface area (TPSA) is 84.8 Å². The minimum atomic E-state index is -0.259. The Morgan fingerprint density at radius 1 is 0.600 bits per heavy atom. The van der Waals surface area contributed by atoms with E-state index >= 15 is 0 Å². The number of aromatic nitrogens is 3. The molecule has 0 atom stereocenters. The summed E-state index contributed by atoms with van der Waals surface area (Å²) in [4.78, 5) is 37.5. The summed E-state index contributed by atoms with van der Waals surface area (Å²) < 4.78 is 0. The second kappa shape index (κ2) is 8.33. The molecule has 4 heterocycles. The molecule has 172 valence electrons. The standard InChI is InChI=1S/C29H24N4O2/c1-33-28(34)26-24(16-22-20(12-14-30-22)18-8-4-2-5-9-18)32-25(27(26)29(33)35)17-23-21(13-15-31-23)19-10-6-3-7-11-19/h2-15,30-32H,16-17H2,1H3. The molecule has 3 aromatic heterocycles. The van der Waals surface area contributed by atoms with Gasteiger partial charge in [0.05, 0.1) is 11.1 Å². The predicted octanol–water partition coefficient (Wildman–Crippen LogP) is 5.41. The van der Waals surface area contributed by atoms with Gasteiger partial charge in [-0.15, -0.1) is 0 Å². The van der Waals surface area contributed by atoms with Crippen molar-refractivity contribution >= 4 is 11.8 Å². The maximum Gasteiger partial charge on any atom is 0.263 e. The summed E-state index contributed by atoms with van der Waals surface area (Å²) in [7, 11) is 1.55. The Hall–Kier alpha value is -4.58. The van der Waals surface area contributed by atoms with Crippen LogP contribution in [0.4, 0.5) is 0 Å². The quantitative estimate of drug-likeness (QED) is 0.296. The number of fused-ring (bicyclic) bond motifs is 1. The highest BCUT2D eigenvalue weighted by atomic mass is 16.2. The van der Waals surface area contributed by atoms with Crippen LogP contribution in [0.3, 0.4) is 0 Å². The van der Waals surface area contributed by atoms with Crippen molar-refractivity contribution in [3.05, 3.63) is 119 Å². The number of aromatic amines is 3. The lowest BCUT2D eigenvalue weighted by Crippen LogP contribution is -2.25. The minimum Gasteiger partial charge on any atom is -0.364 e. The lowest BCUT2D eigenvalue weighted by Gasteiger charge is -2.10. The van der Waals surface area contributed by atoms with Gasteiger partial charge in [0.1, 0.15) is 0 Å². The van der Waals surface area contributed by atoms with Crippen molar-refractivity contribution in [2.75, 3.05) is 7.05 Å². The summed E-state index contributed by atoms with van der Waals surface area (Å²) in [6.07, 6.45) is 4.79. The third-order valence-electron chi connectivity index (χ3n) is 6.73. The van der Waals surface area contributed by atoms with Crippen LogP contribution in [-0.4, -0.2) is 38.7 Å². The number of amides is 2. The molecule has 2 amide bonds. The number of hydrogen-bond acceptors (Lipinski definition) is 2. The Kier molecular flexibility index (Phi) is 4.99. The van der Waals surface area contributed by atoms with Gasteiger partial charge in [-0.1, -0.05) is 60.7 Å². The molecule has 2 aromatic carbocycles. The zero-order chi connectivity index (χ0) is 23.9. The fourth-order valence-corrected chi connectivity index (χ4v) is 5.00. The highest BCUT2D eigenvalue weighted by molar-refractivity contribution is 6.22. The molecule has 0 spiro atoms. The Labute approximate surface area is 202 Å². The van der Waals surface area contributed by atoms with Crippen LogP contribution >= 0.6 is 0 Å². The molecule has 6 rings (SSSR count). The Morgan fingerprint density at radius 3 is 1.46 bits per heavy atom. The van der Waals surface area contributed by atoms with E-state index in [2.05, 4.69) is 39.2 Å². The van der Waals surface area contributed by atoms with Crippen molar-refractivity contribution in [3.8, 4) is 22.3 Å². The molecule has 6 heteroatoms. The van der Waals surface area contributed by atoms with Crippen molar-refractivity contribution in [1.82, 2.24) is 19.9 Å². The largest absolute Gasteiger partial charge is 0.364 e. The average Bonchev–Trinajstić information content (AvgIpc) is 3.66. The lowest BCUT2D eigenvalue weighted by molar-refractivity contribution is 0.0691. The van der Waals surface area contributed by atoms with Gasteiger partial charge < -0.3 is 15.0 Å². The fraction of sp³-hybridized carbons (Fsp3) is 0.103. The Balaban J connectivity index is 1.41. The predicted molar refractivity (Wildman–Crippen MR) is 135 cm³/mol. The van der Waals surface area contributed by atoms with Crippen molar-refractivity contribution < 1.29 is 9.59 Å². The monoisotopic (exact) mass is 460 g/mol. The van der Waals surface area contributed by atoms with Crippen molar-refractivity contribution in [2.45, 2.75) is 12.8 Å². The molecule has 0 unspecified atom stereocenters. The summed E-state index contributed by atoms with van der Waals surface area (Å²) in [5, 5.41) is 0. The van der Waals surface area contributed by atoms with Gasteiger partial charge in [0.25, 0.3) is 11.8 Å². The van der Waals surface area contributed by atoms with E-state index in [0.717, 1.165) is 45.0 Å². The smallest absolute Gasteiger partial charge is 0.263 e. The highest BCUT2D eigenvalue weighted by Crippen LogP contribution is 2.34. The van der Waals surface area contributed by atoms with Gasteiger partial charge >= 0.3 is 0 Å². The molecular weight excluding hydrogens is 436 g/mol. The molecule has 0 fully saturated rings. The number of carbonyl (C=O) groups is 2. The number of carbonyl (C=O) groups excluding carboxylic acids is 2. The number of imide groups is 1. The number of H-pyrrole nitrogens is 3. The molecule has 6 nitrogen and oxygen atoms in total. The second-order valence-electron chi connectivity index (χ2n) is 8.83. The van der Waals surface area contributed by atoms with Crippen LogP contribution in [0.15, 0.2) is 85.2 Å². The third-order valence-corrected chi connectivity index (χ3v) is 6.73. The maximum absolute atomic E-state index is 13.1.